The summed E-state index contributed by atoms with van der Waals surface area (Å²) < 4.78 is 2.13. The van der Waals surface area contributed by atoms with Gasteiger partial charge in [-0.15, -0.1) is 0 Å². The predicted octanol–water partition coefficient (Wildman–Crippen LogP) is 6.63. The van der Waals surface area contributed by atoms with E-state index < -0.39 is 0 Å². The first-order chi connectivity index (χ1) is 14.7. The Balaban J connectivity index is 1.65. The molecule has 1 aromatic heterocycles. The number of aryl methyl sites for hydroxylation is 2. The first-order valence-corrected chi connectivity index (χ1v) is 10.7. The van der Waals surface area contributed by atoms with Crippen molar-refractivity contribution in [2.45, 2.75) is 32.2 Å². The van der Waals surface area contributed by atoms with Gasteiger partial charge in [0.15, 0.2) is 0 Å². The zero-order chi connectivity index (χ0) is 20.8. The Labute approximate surface area is 179 Å². The Morgan fingerprint density at radius 1 is 0.867 bits per heavy atom. The fraction of sp³-hybridized carbons (Fsp3) is 0.222. The van der Waals surface area contributed by atoms with Gasteiger partial charge in [-0.1, -0.05) is 86.1 Å². The lowest BCUT2D eigenvalue weighted by atomic mass is 10.0. The van der Waals surface area contributed by atoms with E-state index in [1.807, 2.05) is 6.07 Å². The summed E-state index contributed by atoms with van der Waals surface area (Å²) in [5.41, 5.74) is 5.81. The Morgan fingerprint density at radius 2 is 1.53 bits per heavy atom. The van der Waals surface area contributed by atoms with Crippen LogP contribution in [-0.2, 0) is 13.5 Å². The van der Waals surface area contributed by atoms with E-state index in [1.165, 1.54) is 24.0 Å². The van der Waals surface area contributed by atoms with Gasteiger partial charge in [-0.25, -0.2) is 4.98 Å². The van der Waals surface area contributed by atoms with Crippen LogP contribution in [0.3, 0.4) is 0 Å². The van der Waals surface area contributed by atoms with Gasteiger partial charge in [0.05, 0.1) is 5.69 Å². The van der Waals surface area contributed by atoms with Crippen molar-refractivity contribution < 1.29 is 0 Å². The highest BCUT2D eigenvalue weighted by atomic mass is 15.1. The van der Waals surface area contributed by atoms with Crippen LogP contribution in [0.5, 0.6) is 0 Å². The van der Waals surface area contributed by atoms with Crippen LogP contribution in [0.2, 0.25) is 0 Å². The molecule has 152 valence electrons. The minimum Gasteiger partial charge on any atom is -0.372 e. The quantitative estimate of drug-likeness (QED) is 0.363. The molecule has 30 heavy (non-hydrogen) atoms. The Morgan fingerprint density at radius 3 is 2.20 bits per heavy atom. The maximum absolute atomic E-state index is 5.01. The molecule has 0 fully saturated rings. The lowest BCUT2D eigenvalue weighted by Crippen LogP contribution is -2.16. The van der Waals surface area contributed by atoms with Gasteiger partial charge in [0.1, 0.15) is 11.9 Å². The van der Waals surface area contributed by atoms with Crippen LogP contribution >= 0.6 is 0 Å². The van der Waals surface area contributed by atoms with Crippen LogP contribution in [0.4, 0.5) is 5.69 Å². The molecule has 3 heteroatoms. The third kappa shape index (κ3) is 4.62. The summed E-state index contributed by atoms with van der Waals surface area (Å²) in [6.07, 6.45) is 5.70. The van der Waals surface area contributed by atoms with E-state index in [2.05, 4.69) is 109 Å². The highest BCUT2D eigenvalue weighted by Gasteiger charge is 2.20. The fourth-order valence-electron chi connectivity index (χ4n) is 3.75. The number of benzene rings is 3. The van der Waals surface area contributed by atoms with E-state index in [4.69, 9.17) is 4.98 Å². The van der Waals surface area contributed by atoms with E-state index in [-0.39, 0.29) is 6.04 Å². The lowest BCUT2D eigenvalue weighted by molar-refractivity contribution is 0.748. The van der Waals surface area contributed by atoms with Crippen LogP contribution in [0, 0.1) is 0 Å². The third-order valence-electron chi connectivity index (χ3n) is 5.46. The van der Waals surface area contributed by atoms with E-state index in [9.17, 15) is 0 Å². The van der Waals surface area contributed by atoms with Gasteiger partial charge in [0.2, 0.25) is 0 Å². The zero-order valence-electron chi connectivity index (χ0n) is 17.8. The second-order valence-corrected chi connectivity index (χ2v) is 7.75. The van der Waals surface area contributed by atoms with Gasteiger partial charge >= 0.3 is 0 Å². The molecule has 0 saturated carbocycles. The normalized spacial score (nSPS) is 11.9. The van der Waals surface area contributed by atoms with Gasteiger partial charge in [0, 0.05) is 24.5 Å². The summed E-state index contributed by atoms with van der Waals surface area (Å²) in [5, 5.41) is 3.72. The van der Waals surface area contributed by atoms with Gasteiger partial charge in [-0.05, 0) is 36.1 Å². The van der Waals surface area contributed by atoms with Crippen LogP contribution in [0.25, 0.3) is 11.3 Å². The standard InChI is InChI=1S/C27H29N3/c1-3-4-11-21-16-18-24(19-17-21)28-26(23-14-9-6-10-15-23)27-29-25(20-30(27)2)22-12-7-5-8-13-22/h5-10,12-20,26,28H,3-4,11H2,1-2H3. The summed E-state index contributed by atoms with van der Waals surface area (Å²) in [6, 6.07) is 29.7. The third-order valence-corrected chi connectivity index (χ3v) is 5.46. The topological polar surface area (TPSA) is 29.9 Å². The van der Waals surface area contributed by atoms with Crippen molar-refractivity contribution >= 4 is 5.69 Å². The summed E-state index contributed by atoms with van der Waals surface area (Å²) in [7, 11) is 2.07. The van der Waals surface area contributed by atoms with Crippen molar-refractivity contribution in [3.63, 3.8) is 0 Å². The maximum Gasteiger partial charge on any atom is 0.136 e. The first kappa shape index (κ1) is 20.0. The highest BCUT2D eigenvalue weighted by Crippen LogP contribution is 2.28. The number of hydrogen-bond donors (Lipinski definition) is 1. The lowest BCUT2D eigenvalue weighted by Gasteiger charge is -2.20. The van der Waals surface area contributed by atoms with Gasteiger partial charge < -0.3 is 9.88 Å². The summed E-state index contributed by atoms with van der Waals surface area (Å²) >= 11 is 0. The molecule has 0 saturated heterocycles. The molecule has 4 rings (SSSR count). The number of hydrogen-bond acceptors (Lipinski definition) is 2. The number of nitrogens with one attached hydrogen (secondary N) is 1. The highest BCUT2D eigenvalue weighted by molar-refractivity contribution is 5.59. The fourth-order valence-corrected chi connectivity index (χ4v) is 3.75. The Kier molecular flexibility index (Phi) is 6.29. The van der Waals surface area contributed by atoms with Gasteiger partial charge in [-0.3, -0.25) is 0 Å². The van der Waals surface area contributed by atoms with Crippen molar-refractivity contribution in [1.29, 1.82) is 0 Å². The van der Waals surface area contributed by atoms with E-state index in [0.29, 0.717) is 0 Å². The maximum atomic E-state index is 5.01. The molecule has 0 aliphatic rings. The van der Waals surface area contributed by atoms with Gasteiger partial charge in [0.25, 0.3) is 0 Å². The predicted molar refractivity (Wildman–Crippen MR) is 126 cm³/mol. The summed E-state index contributed by atoms with van der Waals surface area (Å²) in [5.74, 6) is 0.995. The minimum atomic E-state index is -0.0323. The molecule has 0 bridgehead atoms. The van der Waals surface area contributed by atoms with E-state index >= 15 is 0 Å². The molecular formula is C27H29N3. The largest absolute Gasteiger partial charge is 0.372 e. The molecule has 1 unspecified atom stereocenters. The molecule has 1 heterocycles. The van der Waals surface area contributed by atoms with Crippen LogP contribution < -0.4 is 5.32 Å². The second-order valence-electron chi connectivity index (χ2n) is 7.75. The van der Waals surface area contributed by atoms with Crippen molar-refractivity contribution in [1.82, 2.24) is 9.55 Å². The van der Waals surface area contributed by atoms with Crippen molar-refractivity contribution in [3.05, 3.63) is 108 Å². The van der Waals surface area contributed by atoms with E-state index in [0.717, 1.165) is 29.2 Å². The zero-order valence-corrected chi connectivity index (χ0v) is 17.8. The molecule has 3 nitrogen and oxygen atoms in total. The molecule has 4 aromatic rings. The Bertz CT molecular complexity index is 1050. The average Bonchev–Trinajstić information content (AvgIpc) is 3.19. The first-order valence-electron chi connectivity index (χ1n) is 10.7. The van der Waals surface area contributed by atoms with Crippen molar-refractivity contribution in [2.24, 2.45) is 7.05 Å². The summed E-state index contributed by atoms with van der Waals surface area (Å²) in [4.78, 5) is 5.01. The van der Waals surface area contributed by atoms with Crippen LogP contribution in [0.1, 0.15) is 42.8 Å². The number of nitrogens with zero attached hydrogens (tertiary/aromatic N) is 2. The molecule has 0 aliphatic heterocycles. The molecular weight excluding hydrogens is 366 g/mol. The number of imidazole rings is 1. The Hall–Kier alpha value is -3.33. The molecule has 1 N–H and O–H groups in total. The monoisotopic (exact) mass is 395 g/mol. The van der Waals surface area contributed by atoms with Crippen LogP contribution in [0.15, 0.2) is 91.1 Å². The molecule has 3 aromatic carbocycles. The SMILES string of the molecule is CCCCc1ccc(NC(c2ccccc2)c2nc(-c3ccccc3)cn2C)cc1. The second kappa shape index (κ2) is 9.45. The van der Waals surface area contributed by atoms with Crippen molar-refractivity contribution in [2.75, 3.05) is 5.32 Å². The molecule has 0 radical (unpaired) electrons. The van der Waals surface area contributed by atoms with Gasteiger partial charge in [-0.2, -0.15) is 0 Å². The average molecular weight is 396 g/mol. The van der Waals surface area contributed by atoms with Crippen molar-refractivity contribution in [3.8, 4) is 11.3 Å². The number of unbranched alkanes of at least 4 members (excludes halogenated alkanes) is 1. The number of rotatable bonds is 8. The smallest absolute Gasteiger partial charge is 0.136 e. The number of anilines is 1. The number of aromatic nitrogens is 2. The molecule has 1 atom stereocenters. The summed E-state index contributed by atoms with van der Waals surface area (Å²) in [6.45, 7) is 2.23. The molecule has 0 spiro atoms. The van der Waals surface area contributed by atoms with Crippen LogP contribution in [-0.4, -0.2) is 9.55 Å². The minimum absolute atomic E-state index is 0.0323. The molecule has 0 aliphatic carbocycles. The molecule has 0 amide bonds. The van der Waals surface area contributed by atoms with E-state index in [1.54, 1.807) is 0 Å².